The Kier molecular flexibility index (Phi) is 4.35. The first-order chi connectivity index (χ1) is 9.60. The molecule has 2 N–H and O–H groups in total. The van der Waals surface area contributed by atoms with Crippen molar-refractivity contribution < 1.29 is 4.79 Å². The van der Waals surface area contributed by atoms with E-state index in [9.17, 15) is 4.79 Å². The van der Waals surface area contributed by atoms with E-state index < -0.39 is 0 Å². The first-order valence-corrected chi connectivity index (χ1v) is 6.61. The number of carbonyl (C=O) groups excluding carboxylic acids is 1. The Morgan fingerprint density at radius 2 is 1.85 bits per heavy atom. The highest BCUT2D eigenvalue weighted by molar-refractivity contribution is 5.92. The third kappa shape index (κ3) is 3.35. The summed E-state index contributed by atoms with van der Waals surface area (Å²) in [6.45, 7) is 4.00. The fourth-order valence-corrected chi connectivity index (χ4v) is 1.89. The lowest BCUT2D eigenvalue weighted by Gasteiger charge is -2.14. The highest BCUT2D eigenvalue weighted by Gasteiger charge is 2.12. The Hall–Kier alpha value is -2.36. The number of anilines is 1. The summed E-state index contributed by atoms with van der Waals surface area (Å²) >= 11 is 0. The predicted molar refractivity (Wildman–Crippen MR) is 80.8 cm³/mol. The maximum absolute atomic E-state index is 12.1. The number of benzene rings is 1. The van der Waals surface area contributed by atoms with Gasteiger partial charge in [-0.3, -0.25) is 4.79 Å². The molecule has 0 aliphatic heterocycles. The van der Waals surface area contributed by atoms with E-state index in [-0.39, 0.29) is 11.9 Å². The summed E-state index contributed by atoms with van der Waals surface area (Å²) in [7, 11) is 1.82. The number of aromatic nitrogens is 1. The predicted octanol–water partition coefficient (Wildman–Crippen LogP) is 2.92. The lowest BCUT2D eigenvalue weighted by atomic mass is 10.1. The second kappa shape index (κ2) is 6.19. The van der Waals surface area contributed by atoms with Gasteiger partial charge < -0.3 is 10.6 Å². The zero-order chi connectivity index (χ0) is 14.5. The minimum absolute atomic E-state index is 0.0473. The molecule has 0 radical (unpaired) electrons. The molecule has 4 heteroatoms. The quantitative estimate of drug-likeness (QED) is 0.897. The van der Waals surface area contributed by atoms with Crippen LogP contribution in [0.25, 0.3) is 0 Å². The van der Waals surface area contributed by atoms with Crippen molar-refractivity contribution in [2.45, 2.75) is 19.9 Å². The summed E-state index contributed by atoms with van der Waals surface area (Å²) in [6.07, 6.45) is 1.64. The lowest BCUT2D eigenvalue weighted by Crippen LogP contribution is -2.27. The molecule has 104 valence electrons. The molecule has 0 spiro atoms. The van der Waals surface area contributed by atoms with E-state index in [0.717, 1.165) is 11.3 Å². The van der Waals surface area contributed by atoms with Crippen LogP contribution in [-0.4, -0.2) is 17.9 Å². The van der Waals surface area contributed by atoms with Crippen molar-refractivity contribution in [3.8, 4) is 0 Å². The highest BCUT2D eigenvalue weighted by atomic mass is 16.1. The molecule has 0 saturated carbocycles. The molecule has 0 aliphatic carbocycles. The molecular weight excluding hydrogens is 250 g/mol. The lowest BCUT2D eigenvalue weighted by molar-refractivity contribution is 0.0935. The fourth-order valence-electron chi connectivity index (χ4n) is 1.89. The number of amides is 1. The Morgan fingerprint density at radius 1 is 1.15 bits per heavy atom. The molecule has 1 aromatic heterocycles. The number of nitrogens with zero attached hydrogens (tertiary/aromatic N) is 1. The molecule has 1 aromatic carbocycles. The van der Waals surface area contributed by atoms with Crippen molar-refractivity contribution >= 4 is 11.6 Å². The van der Waals surface area contributed by atoms with Crippen LogP contribution in [0.2, 0.25) is 0 Å². The van der Waals surface area contributed by atoms with Crippen LogP contribution in [-0.2, 0) is 0 Å². The number of hydrogen-bond acceptors (Lipinski definition) is 3. The molecule has 20 heavy (non-hydrogen) atoms. The Balaban J connectivity index is 2.04. The van der Waals surface area contributed by atoms with Crippen LogP contribution in [0.3, 0.4) is 0 Å². The Labute approximate surface area is 119 Å². The van der Waals surface area contributed by atoms with Gasteiger partial charge in [0.1, 0.15) is 5.69 Å². The average molecular weight is 269 g/mol. The molecule has 1 heterocycles. The van der Waals surface area contributed by atoms with Crippen molar-refractivity contribution in [2.24, 2.45) is 0 Å². The molecule has 0 fully saturated rings. The van der Waals surface area contributed by atoms with Crippen LogP contribution >= 0.6 is 0 Å². The number of nitrogens with one attached hydrogen (secondary N) is 2. The molecule has 0 saturated heterocycles. The van der Waals surface area contributed by atoms with Gasteiger partial charge >= 0.3 is 0 Å². The van der Waals surface area contributed by atoms with Gasteiger partial charge in [0.2, 0.25) is 0 Å². The first-order valence-electron chi connectivity index (χ1n) is 6.61. The largest absolute Gasteiger partial charge is 0.387 e. The minimum atomic E-state index is -0.166. The normalized spacial score (nSPS) is 11.8. The summed E-state index contributed by atoms with van der Waals surface area (Å²) in [5, 5.41) is 5.92. The van der Waals surface area contributed by atoms with Gasteiger partial charge in [0.05, 0.1) is 17.9 Å². The van der Waals surface area contributed by atoms with Gasteiger partial charge in [-0.15, -0.1) is 0 Å². The second-order valence-electron chi connectivity index (χ2n) is 4.79. The number of hydrogen-bond donors (Lipinski definition) is 2. The third-order valence-electron chi connectivity index (χ3n) is 3.21. The molecule has 2 rings (SSSR count). The molecule has 4 nitrogen and oxygen atoms in total. The monoisotopic (exact) mass is 269 g/mol. The van der Waals surface area contributed by atoms with Crippen LogP contribution in [0.5, 0.6) is 0 Å². The van der Waals surface area contributed by atoms with Gasteiger partial charge in [-0.1, -0.05) is 29.8 Å². The van der Waals surface area contributed by atoms with Gasteiger partial charge in [-0.25, -0.2) is 4.98 Å². The van der Waals surface area contributed by atoms with E-state index in [1.807, 2.05) is 51.2 Å². The zero-order valence-corrected chi connectivity index (χ0v) is 12.0. The molecular formula is C16H19N3O. The smallest absolute Gasteiger partial charge is 0.270 e. The number of pyridine rings is 1. The second-order valence-corrected chi connectivity index (χ2v) is 4.79. The van der Waals surface area contributed by atoms with E-state index in [4.69, 9.17) is 0 Å². The topological polar surface area (TPSA) is 54.0 Å². The van der Waals surface area contributed by atoms with E-state index in [2.05, 4.69) is 15.6 Å². The average Bonchev–Trinajstić information content (AvgIpc) is 2.48. The summed E-state index contributed by atoms with van der Waals surface area (Å²) in [4.78, 5) is 16.2. The first kappa shape index (κ1) is 14.1. The van der Waals surface area contributed by atoms with Crippen LogP contribution in [0.4, 0.5) is 5.69 Å². The Bertz CT molecular complexity index is 576. The van der Waals surface area contributed by atoms with Crippen LogP contribution in [0, 0.1) is 6.92 Å². The van der Waals surface area contributed by atoms with Gasteiger partial charge in [0.25, 0.3) is 5.91 Å². The van der Waals surface area contributed by atoms with Gasteiger partial charge in [0, 0.05) is 7.05 Å². The fraction of sp³-hybridized carbons (Fsp3) is 0.250. The van der Waals surface area contributed by atoms with Crippen molar-refractivity contribution in [1.82, 2.24) is 10.3 Å². The van der Waals surface area contributed by atoms with Crippen LogP contribution in [0.15, 0.2) is 42.6 Å². The zero-order valence-electron chi connectivity index (χ0n) is 12.0. The van der Waals surface area contributed by atoms with Gasteiger partial charge in [-0.05, 0) is 31.5 Å². The standard InChI is InChI=1S/C16H19N3O/c1-11-4-6-13(7-5-11)12(2)19-16(20)15-9-8-14(17-3)10-18-15/h4-10,12,17H,1-3H3,(H,19,20). The van der Waals surface area contributed by atoms with Gasteiger partial charge in [-0.2, -0.15) is 0 Å². The summed E-state index contributed by atoms with van der Waals surface area (Å²) in [5.41, 5.74) is 3.59. The van der Waals surface area contributed by atoms with Crippen molar-refractivity contribution in [3.63, 3.8) is 0 Å². The Morgan fingerprint density at radius 3 is 2.40 bits per heavy atom. The summed E-state index contributed by atoms with van der Waals surface area (Å²) in [6, 6.07) is 11.6. The molecule has 0 aliphatic rings. The maximum atomic E-state index is 12.1. The minimum Gasteiger partial charge on any atom is -0.387 e. The SMILES string of the molecule is CNc1ccc(C(=O)NC(C)c2ccc(C)cc2)nc1. The number of rotatable bonds is 4. The van der Waals surface area contributed by atoms with Crippen molar-refractivity contribution in [2.75, 3.05) is 12.4 Å². The highest BCUT2D eigenvalue weighted by Crippen LogP contribution is 2.14. The summed E-state index contributed by atoms with van der Waals surface area (Å²) in [5.74, 6) is -0.166. The van der Waals surface area contributed by atoms with Gasteiger partial charge in [0.15, 0.2) is 0 Å². The van der Waals surface area contributed by atoms with E-state index >= 15 is 0 Å². The number of aryl methyl sites for hydroxylation is 1. The maximum Gasteiger partial charge on any atom is 0.270 e. The van der Waals surface area contributed by atoms with Crippen molar-refractivity contribution in [3.05, 3.63) is 59.4 Å². The molecule has 1 atom stereocenters. The molecule has 0 bridgehead atoms. The van der Waals surface area contributed by atoms with Crippen molar-refractivity contribution in [1.29, 1.82) is 0 Å². The number of carbonyl (C=O) groups is 1. The molecule has 1 amide bonds. The van der Waals surface area contributed by atoms with Crippen LogP contribution < -0.4 is 10.6 Å². The van der Waals surface area contributed by atoms with E-state index in [1.165, 1.54) is 5.56 Å². The summed E-state index contributed by atoms with van der Waals surface area (Å²) < 4.78 is 0. The third-order valence-corrected chi connectivity index (χ3v) is 3.21. The molecule has 1 unspecified atom stereocenters. The van der Waals surface area contributed by atoms with E-state index in [0.29, 0.717) is 5.69 Å². The van der Waals surface area contributed by atoms with E-state index in [1.54, 1.807) is 12.3 Å². The molecule has 2 aromatic rings. The van der Waals surface area contributed by atoms with Crippen LogP contribution in [0.1, 0.15) is 34.6 Å².